The highest BCUT2D eigenvalue weighted by Gasteiger charge is 2.05. The molecule has 5 heteroatoms. The van der Waals surface area contributed by atoms with Crippen LogP contribution >= 0.6 is 0 Å². The summed E-state index contributed by atoms with van der Waals surface area (Å²) in [5.74, 6) is -0.996. The van der Waals surface area contributed by atoms with Crippen LogP contribution in [-0.2, 0) is 17.6 Å². The SMILES string of the molecule is N#Cc1ccc(C(=O)NCCCc2ccc(CC(=O)O)cc2)cc1. The lowest BCUT2D eigenvalue weighted by molar-refractivity contribution is -0.136. The van der Waals surface area contributed by atoms with Gasteiger partial charge in [0.25, 0.3) is 5.91 Å². The molecule has 0 spiro atoms. The molecule has 0 aliphatic rings. The van der Waals surface area contributed by atoms with E-state index in [2.05, 4.69) is 5.32 Å². The van der Waals surface area contributed by atoms with E-state index in [1.165, 1.54) is 0 Å². The Balaban J connectivity index is 1.74. The molecule has 2 rings (SSSR count). The second-order valence-corrected chi connectivity index (χ2v) is 5.44. The van der Waals surface area contributed by atoms with E-state index in [1.807, 2.05) is 30.3 Å². The topological polar surface area (TPSA) is 90.2 Å². The summed E-state index contributed by atoms with van der Waals surface area (Å²) in [5.41, 5.74) is 2.95. The van der Waals surface area contributed by atoms with Crippen molar-refractivity contribution in [3.8, 4) is 6.07 Å². The largest absolute Gasteiger partial charge is 0.481 e. The van der Waals surface area contributed by atoms with Gasteiger partial charge in [-0.25, -0.2) is 0 Å². The van der Waals surface area contributed by atoms with Crippen LogP contribution in [0.2, 0.25) is 0 Å². The molecule has 24 heavy (non-hydrogen) atoms. The lowest BCUT2D eigenvalue weighted by atomic mass is 10.1. The molecule has 0 fully saturated rings. The maximum absolute atomic E-state index is 12.0. The van der Waals surface area contributed by atoms with Gasteiger partial charge in [0.05, 0.1) is 18.1 Å². The standard InChI is InChI=1S/C19H18N2O3/c20-13-16-7-9-17(10-8-16)19(24)21-11-1-2-14-3-5-15(6-4-14)12-18(22)23/h3-10H,1-2,11-12H2,(H,21,24)(H,22,23). The number of amides is 1. The number of carboxylic acids is 1. The molecular formula is C19H18N2O3. The average molecular weight is 322 g/mol. The normalized spacial score (nSPS) is 9.96. The minimum atomic E-state index is -0.840. The van der Waals surface area contributed by atoms with Crippen molar-refractivity contribution in [3.63, 3.8) is 0 Å². The van der Waals surface area contributed by atoms with E-state index >= 15 is 0 Å². The number of aliphatic carboxylic acids is 1. The molecule has 2 N–H and O–H groups in total. The predicted molar refractivity (Wildman–Crippen MR) is 89.6 cm³/mol. The Morgan fingerprint density at radius 2 is 1.62 bits per heavy atom. The number of nitrogens with one attached hydrogen (secondary N) is 1. The van der Waals surface area contributed by atoms with Gasteiger partial charge < -0.3 is 10.4 Å². The summed E-state index contributed by atoms with van der Waals surface area (Å²) in [6.07, 6.45) is 1.63. The maximum Gasteiger partial charge on any atom is 0.307 e. The first-order chi connectivity index (χ1) is 11.6. The van der Waals surface area contributed by atoms with E-state index in [0.29, 0.717) is 17.7 Å². The van der Waals surface area contributed by atoms with Crippen molar-refractivity contribution >= 4 is 11.9 Å². The fraction of sp³-hybridized carbons (Fsp3) is 0.211. The number of carbonyl (C=O) groups is 2. The van der Waals surface area contributed by atoms with E-state index in [9.17, 15) is 9.59 Å². The van der Waals surface area contributed by atoms with Crippen molar-refractivity contribution in [2.75, 3.05) is 6.54 Å². The average Bonchev–Trinajstić information content (AvgIpc) is 2.59. The van der Waals surface area contributed by atoms with Crippen LogP contribution in [0.15, 0.2) is 48.5 Å². The van der Waals surface area contributed by atoms with E-state index in [4.69, 9.17) is 10.4 Å². The number of hydrogen-bond donors (Lipinski definition) is 2. The second-order valence-electron chi connectivity index (χ2n) is 5.44. The van der Waals surface area contributed by atoms with Gasteiger partial charge in [0, 0.05) is 12.1 Å². The van der Waals surface area contributed by atoms with Crippen LogP contribution in [0.3, 0.4) is 0 Å². The number of nitriles is 1. The number of aryl methyl sites for hydroxylation is 1. The highest BCUT2D eigenvalue weighted by Crippen LogP contribution is 2.08. The van der Waals surface area contributed by atoms with Crippen LogP contribution in [0.1, 0.15) is 33.5 Å². The Morgan fingerprint density at radius 3 is 2.21 bits per heavy atom. The zero-order chi connectivity index (χ0) is 17.4. The van der Waals surface area contributed by atoms with Gasteiger partial charge in [0.15, 0.2) is 0 Å². The molecule has 0 aliphatic heterocycles. The van der Waals surface area contributed by atoms with Crippen LogP contribution < -0.4 is 5.32 Å². The minimum absolute atomic E-state index is 0.0287. The fourth-order valence-corrected chi connectivity index (χ4v) is 2.29. The molecule has 0 saturated carbocycles. The van der Waals surface area contributed by atoms with Crippen molar-refractivity contribution in [1.29, 1.82) is 5.26 Å². The van der Waals surface area contributed by atoms with Crippen molar-refractivity contribution in [1.82, 2.24) is 5.32 Å². The first-order valence-corrected chi connectivity index (χ1v) is 7.66. The monoisotopic (exact) mass is 322 g/mol. The van der Waals surface area contributed by atoms with Gasteiger partial charge in [-0.05, 0) is 48.2 Å². The highest BCUT2D eigenvalue weighted by molar-refractivity contribution is 5.94. The Morgan fingerprint density at radius 1 is 1.00 bits per heavy atom. The zero-order valence-corrected chi connectivity index (χ0v) is 13.2. The summed E-state index contributed by atoms with van der Waals surface area (Å²) in [5, 5.41) is 20.3. The summed E-state index contributed by atoms with van der Waals surface area (Å²) < 4.78 is 0. The van der Waals surface area contributed by atoms with Gasteiger partial charge in [-0.1, -0.05) is 24.3 Å². The number of nitrogens with zero attached hydrogens (tertiary/aromatic N) is 1. The molecule has 5 nitrogen and oxygen atoms in total. The Kier molecular flexibility index (Phi) is 6.09. The van der Waals surface area contributed by atoms with Crippen LogP contribution in [-0.4, -0.2) is 23.5 Å². The van der Waals surface area contributed by atoms with Gasteiger partial charge in [0.1, 0.15) is 0 Å². The summed E-state index contributed by atoms with van der Waals surface area (Å²) in [6, 6.07) is 16.0. The smallest absolute Gasteiger partial charge is 0.307 e. The van der Waals surface area contributed by atoms with Crippen molar-refractivity contribution in [3.05, 3.63) is 70.8 Å². The Labute approximate surface area is 140 Å². The molecule has 0 atom stereocenters. The number of benzene rings is 2. The first-order valence-electron chi connectivity index (χ1n) is 7.66. The third-order valence-corrected chi connectivity index (χ3v) is 3.58. The van der Waals surface area contributed by atoms with Gasteiger partial charge in [-0.15, -0.1) is 0 Å². The molecule has 0 bridgehead atoms. The second kappa shape index (κ2) is 8.49. The van der Waals surface area contributed by atoms with Gasteiger partial charge in [-0.3, -0.25) is 9.59 Å². The van der Waals surface area contributed by atoms with Crippen LogP contribution in [0, 0.1) is 11.3 Å². The number of hydrogen-bond acceptors (Lipinski definition) is 3. The molecule has 0 aliphatic carbocycles. The van der Waals surface area contributed by atoms with Crippen LogP contribution in [0.4, 0.5) is 0 Å². The highest BCUT2D eigenvalue weighted by atomic mass is 16.4. The molecular weight excluding hydrogens is 304 g/mol. The summed E-state index contributed by atoms with van der Waals surface area (Å²) in [4.78, 5) is 22.6. The third-order valence-electron chi connectivity index (χ3n) is 3.58. The number of carbonyl (C=O) groups excluding carboxylic acids is 1. The van der Waals surface area contributed by atoms with Crippen molar-refractivity contribution in [2.24, 2.45) is 0 Å². The predicted octanol–water partition coefficient (Wildman–Crippen LogP) is 2.55. The van der Waals surface area contributed by atoms with Crippen LogP contribution in [0.5, 0.6) is 0 Å². The number of carboxylic acid groups (broad SMARTS) is 1. The molecule has 0 heterocycles. The zero-order valence-electron chi connectivity index (χ0n) is 13.2. The molecule has 2 aromatic carbocycles. The molecule has 0 aromatic heterocycles. The molecule has 0 radical (unpaired) electrons. The fourth-order valence-electron chi connectivity index (χ4n) is 2.29. The Bertz CT molecular complexity index is 744. The maximum atomic E-state index is 12.0. The summed E-state index contributed by atoms with van der Waals surface area (Å²) in [6.45, 7) is 0.551. The molecule has 0 unspecified atom stereocenters. The van der Waals surface area contributed by atoms with E-state index in [-0.39, 0.29) is 12.3 Å². The molecule has 0 saturated heterocycles. The Hall–Kier alpha value is -3.13. The molecule has 2 aromatic rings. The van der Waals surface area contributed by atoms with Gasteiger partial charge in [-0.2, -0.15) is 5.26 Å². The third kappa shape index (κ3) is 5.25. The van der Waals surface area contributed by atoms with Gasteiger partial charge in [0.2, 0.25) is 0 Å². The van der Waals surface area contributed by atoms with Gasteiger partial charge >= 0.3 is 5.97 Å². The van der Waals surface area contributed by atoms with E-state index in [0.717, 1.165) is 24.0 Å². The van der Waals surface area contributed by atoms with Crippen molar-refractivity contribution in [2.45, 2.75) is 19.3 Å². The van der Waals surface area contributed by atoms with E-state index in [1.54, 1.807) is 24.3 Å². The molecule has 1 amide bonds. The summed E-state index contributed by atoms with van der Waals surface area (Å²) >= 11 is 0. The lowest BCUT2D eigenvalue weighted by Gasteiger charge is -2.06. The lowest BCUT2D eigenvalue weighted by Crippen LogP contribution is -2.24. The van der Waals surface area contributed by atoms with E-state index < -0.39 is 5.97 Å². The van der Waals surface area contributed by atoms with Crippen molar-refractivity contribution < 1.29 is 14.7 Å². The minimum Gasteiger partial charge on any atom is -0.481 e. The van der Waals surface area contributed by atoms with Crippen LogP contribution in [0.25, 0.3) is 0 Å². The quantitative estimate of drug-likeness (QED) is 0.767. The number of rotatable bonds is 7. The summed E-state index contributed by atoms with van der Waals surface area (Å²) in [7, 11) is 0. The molecule has 122 valence electrons. The first kappa shape index (κ1) is 17.2.